The van der Waals surface area contributed by atoms with E-state index in [1.54, 1.807) is 36.4 Å². The second-order valence-electron chi connectivity index (χ2n) is 6.78. The summed E-state index contributed by atoms with van der Waals surface area (Å²) in [4.78, 5) is 34.1. The Morgan fingerprint density at radius 2 is 1.97 bits per heavy atom. The van der Waals surface area contributed by atoms with Gasteiger partial charge in [0.25, 0.3) is 5.56 Å². The number of likely N-dealkylation sites (N-methyl/N-ethyl adjacent to an activating group) is 1. The number of rotatable bonds is 8. The fourth-order valence-corrected chi connectivity index (χ4v) is 3.15. The van der Waals surface area contributed by atoms with Gasteiger partial charge in [0.1, 0.15) is 5.82 Å². The third-order valence-corrected chi connectivity index (χ3v) is 4.72. The molecule has 1 heterocycles. The zero-order valence-electron chi connectivity index (χ0n) is 17.6. The van der Waals surface area contributed by atoms with Crippen LogP contribution in [0.4, 0.5) is 5.69 Å². The van der Waals surface area contributed by atoms with Crippen LogP contribution in [0.3, 0.4) is 0 Å². The Balaban J connectivity index is 1.77. The van der Waals surface area contributed by atoms with Gasteiger partial charge in [0.2, 0.25) is 5.91 Å². The lowest BCUT2D eigenvalue weighted by atomic mass is 10.2. The molecule has 0 fully saturated rings. The van der Waals surface area contributed by atoms with Crippen LogP contribution in [0.5, 0.6) is 11.5 Å². The summed E-state index contributed by atoms with van der Waals surface area (Å²) >= 11 is 0. The molecule has 0 aliphatic carbocycles. The molecule has 1 aromatic heterocycles. The molecule has 9 nitrogen and oxygen atoms in total. The number of ether oxygens (including phenoxy) is 2. The molecule has 0 saturated heterocycles. The smallest absolute Gasteiger partial charge is 0.258 e. The number of carbonyl (C=O) groups excluding carboxylic acids is 1. The molecule has 0 aliphatic heterocycles. The number of H-pyrrole nitrogens is 1. The fraction of sp³-hybridized carbons (Fsp3) is 0.273. The van der Waals surface area contributed by atoms with Gasteiger partial charge in [0.05, 0.1) is 49.8 Å². The molecule has 1 amide bonds. The van der Waals surface area contributed by atoms with E-state index in [1.807, 2.05) is 17.9 Å². The quantitative estimate of drug-likeness (QED) is 0.572. The summed E-state index contributed by atoms with van der Waals surface area (Å²) in [6.07, 6.45) is 0. The number of benzene rings is 2. The molecule has 0 aliphatic rings. The minimum absolute atomic E-state index is 0.0982. The topological polar surface area (TPSA) is 120 Å². The lowest BCUT2D eigenvalue weighted by Gasteiger charge is -2.19. The Bertz CT molecular complexity index is 1200. The van der Waals surface area contributed by atoms with E-state index >= 15 is 0 Å². The van der Waals surface area contributed by atoms with Crippen molar-refractivity contribution < 1.29 is 14.3 Å². The van der Waals surface area contributed by atoms with Crippen LogP contribution in [0.1, 0.15) is 18.3 Å². The highest BCUT2D eigenvalue weighted by Crippen LogP contribution is 2.29. The first-order chi connectivity index (χ1) is 15.0. The van der Waals surface area contributed by atoms with Gasteiger partial charge in [-0.05, 0) is 30.8 Å². The largest absolute Gasteiger partial charge is 0.493 e. The van der Waals surface area contributed by atoms with Gasteiger partial charge < -0.3 is 19.8 Å². The summed E-state index contributed by atoms with van der Waals surface area (Å²) in [5, 5.41) is 12.2. The Morgan fingerprint density at radius 1 is 1.23 bits per heavy atom. The molecule has 9 heteroatoms. The van der Waals surface area contributed by atoms with E-state index in [2.05, 4.69) is 15.3 Å². The minimum atomic E-state index is -0.297. The van der Waals surface area contributed by atoms with Crippen molar-refractivity contribution >= 4 is 22.5 Å². The highest BCUT2D eigenvalue weighted by atomic mass is 16.5. The maximum Gasteiger partial charge on any atom is 0.258 e. The van der Waals surface area contributed by atoms with E-state index < -0.39 is 0 Å². The molecule has 0 unspecified atom stereocenters. The van der Waals surface area contributed by atoms with Crippen molar-refractivity contribution in [1.82, 2.24) is 14.9 Å². The minimum Gasteiger partial charge on any atom is -0.493 e. The van der Waals surface area contributed by atoms with E-state index in [0.717, 1.165) is 0 Å². The van der Waals surface area contributed by atoms with Crippen LogP contribution < -0.4 is 20.3 Å². The van der Waals surface area contributed by atoms with E-state index in [0.29, 0.717) is 46.0 Å². The number of amides is 1. The maximum absolute atomic E-state index is 12.5. The standard InChI is InChI=1S/C22H23N5O4/c1-4-27(13-21(28)24-15-7-5-6-14(8-15)11-23)12-20-25-17-10-19(31-3)18(30-2)9-16(17)22(29)26-20/h5-10H,4,12-13H2,1-3H3,(H,24,28)(H,25,26,29). The molecule has 2 N–H and O–H groups in total. The van der Waals surface area contributed by atoms with Crippen LogP contribution in [-0.4, -0.2) is 48.1 Å². The van der Waals surface area contributed by atoms with Gasteiger partial charge in [0, 0.05) is 11.8 Å². The fourth-order valence-electron chi connectivity index (χ4n) is 3.15. The summed E-state index contributed by atoms with van der Waals surface area (Å²) in [7, 11) is 3.02. The average Bonchev–Trinajstić information content (AvgIpc) is 2.77. The first-order valence-electron chi connectivity index (χ1n) is 9.64. The lowest BCUT2D eigenvalue weighted by Crippen LogP contribution is -2.33. The van der Waals surface area contributed by atoms with Crippen molar-refractivity contribution in [3.05, 3.63) is 58.1 Å². The normalized spacial score (nSPS) is 10.7. The Labute approximate surface area is 179 Å². The van der Waals surface area contributed by atoms with Gasteiger partial charge >= 0.3 is 0 Å². The van der Waals surface area contributed by atoms with Crippen molar-refractivity contribution in [2.45, 2.75) is 13.5 Å². The first-order valence-corrected chi connectivity index (χ1v) is 9.64. The SMILES string of the molecule is CCN(CC(=O)Nc1cccc(C#N)c1)Cc1nc2cc(OC)c(OC)cc2c(=O)[nH]1. The molecular weight excluding hydrogens is 398 g/mol. The molecule has 0 radical (unpaired) electrons. The summed E-state index contributed by atoms with van der Waals surface area (Å²) in [5.74, 6) is 1.13. The zero-order chi connectivity index (χ0) is 22.4. The Kier molecular flexibility index (Phi) is 6.85. The first kappa shape index (κ1) is 21.8. The van der Waals surface area contributed by atoms with Crippen molar-refractivity contribution in [1.29, 1.82) is 5.26 Å². The summed E-state index contributed by atoms with van der Waals surface area (Å²) in [5.41, 5.74) is 1.20. The molecule has 0 atom stereocenters. The van der Waals surface area contributed by atoms with Gasteiger partial charge in [0.15, 0.2) is 11.5 Å². The van der Waals surface area contributed by atoms with Gasteiger partial charge in [-0.25, -0.2) is 4.98 Å². The number of nitrogens with zero attached hydrogens (tertiary/aromatic N) is 3. The summed E-state index contributed by atoms with van der Waals surface area (Å²) in [6, 6.07) is 12.0. The van der Waals surface area contributed by atoms with Gasteiger partial charge in [-0.2, -0.15) is 5.26 Å². The average molecular weight is 421 g/mol. The number of carbonyl (C=O) groups is 1. The van der Waals surface area contributed by atoms with Crippen LogP contribution >= 0.6 is 0 Å². The highest BCUT2D eigenvalue weighted by Gasteiger charge is 2.15. The summed E-state index contributed by atoms with van der Waals surface area (Å²) in [6.45, 7) is 2.86. The molecule has 160 valence electrons. The predicted molar refractivity (Wildman–Crippen MR) is 116 cm³/mol. The number of nitrogens with one attached hydrogen (secondary N) is 2. The van der Waals surface area contributed by atoms with Gasteiger partial charge in [-0.1, -0.05) is 13.0 Å². The second-order valence-corrected chi connectivity index (χ2v) is 6.78. The number of aromatic amines is 1. The number of methoxy groups -OCH3 is 2. The monoisotopic (exact) mass is 421 g/mol. The molecule has 0 bridgehead atoms. The highest BCUT2D eigenvalue weighted by molar-refractivity contribution is 5.92. The molecule has 2 aromatic carbocycles. The summed E-state index contributed by atoms with van der Waals surface area (Å²) < 4.78 is 10.5. The lowest BCUT2D eigenvalue weighted by molar-refractivity contribution is -0.117. The second kappa shape index (κ2) is 9.73. The third kappa shape index (κ3) is 5.18. The number of nitriles is 1. The van der Waals surface area contributed by atoms with Crippen molar-refractivity contribution in [3.63, 3.8) is 0 Å². The Hall–Kier alpha value is -3.90. The van der Waals surface area contributed by atoms with Crippen LogP contribution in [0, 0.1) is 11.3 Å². The Morgan fingerprint density at radius 3 is 2.65 bits per heavy atom. The van der Waals surface area contributed by atoms with Crippen molar-refractivity contribution in [2.75, 3.05) is 32.6 Å². The number of hydrogen-bond donors (Lipinski definition) is 2. The van der Waals surface area contributed by atoms with Crippen molar-refractivity contribution in [2.24, 2.45) is 0 Å². The van der Waals surface area contributed by atoms with Crippen LogP contribution in [0.2, 0.25) is 0 Å². The molecule has 3 aromatic rings. The van der Waals surface area contributed by atoms with Crippen molar-refractivity contribution in [3.8, 4) is 17.6 Å². The van der Waals surface area contributed by atoms with Crippen LogP contribution in [0.25, 0.3) is 10.9 Å². The third-order valence-electron chi connectivity index (χ3n) is 4.72. The van der Waals surface area contributed by atoms with Crippen LogP contribution in [0.15, 0.2) is 41.2 Å². The molecule has 0 saturated carbocycles. The van der Waals surface area contributed by atoms with Gasteiger partial charge in [-0.15, -0.1) is 0 Å². The van der Waals surface area contributed by atoms with Gasteiger partial charge in [-0.3, -0.25) is 14.5 Å². The number of hydrogen-bond acceptors (Lipinski definition) is 7. The van der Waals surface area contributed by atoms with E-state index in [4.69, 9.17) is 14.7 Å². The van der Waals surface area contributed by atoms with Crippen LogP contribution in [-0.2, 0) is 11.3 Å². The molecular formula is C22H23N5O4. The molecule has 31 heavy (non-hydrogen) atoms. The van der Waals surface area contributed by atoms with E-state index in [9.17, 15) is 9.59 Å². The number of anilines is 1. The predicted octanol–water partition coefficient (Wildman–Crippen LogP) is 2.27. The van der Waals surface area contributed by atoms with E-state index in [1.165, 1.54) is 14.2 Å². The van der Waals surface area contributed by atoms with E-state index in [-0.39, 0.29) is 24.6 Å². The molecule has 0 spiro atoms. The maximum atomic E-state index is 12.5. The zero-order valence-corrected chi connectivity index (χ0v) is 17.6. The molecule has 3 rings (SSSR count). The number of aromatic nitrogens is 2. The number of fused-ring (bicyclic) bond motifs is 1.